The van der Waals surface area contributed by atoms with Gasteiger partial charge in [0.05, 0.1) is 0 Å². The summed E-state index contributed by atoms with van der Waals surface area (Å²) in [5.74, 6) is 1.27. The minimum Gasteiger partial charge on any atom is -0.455 e. The number of carbonyl (C=O) groups excluding carboxylic acids is 2. The standard InChI is InChI=1S/C21H23FO3/c22-18-3-1-2-14(9-18)4-5-20(24)25-13-19(23)21-10-15-6-16(11-21)8-17(7-15)12-21/h1-5,9,15-17H,6-8,10-13H2. The van der Waals surface area contributed by atoms with Crippen LogP contribution < -0.4 is 0 Å². The molecule has 1 aromatic carbocycles. The molecule has 4 aliphatic carbocycles. The monoisotopic (exact) mass is 342 g/mol. The first-order valence-electron chi connectivity index (χ1n) is 9.16. The highest BCUT2D eigenvalue weighted by molar-refractivity contribution is 5.91. The van der Waals surface area contributed by atoms with Gasteiger partial charge in [-0.3, -0.25) is 4.79 Å². The van der Waals surface area contributed by atoms with E-state index in [1.54, 1.807) is 12.1 Å². The third-order valence-electron chi connectivity index (χ3n) is 6.24. The molecule has 4 saturated carbocycles. The van der Waals surface area contributed by atoms with Gasteiger partial charge in [-0.1, -0.05) is 12.1 Å². The molecule has 0 amide bonds. The first kappa shape index (κ1) is 16.5. The number of halogens is 1. The van der Waals surface area contributed by atoms with E-state index in [4.69, 9.17) is 4.74 Å². The van der Waals surface area contributed by atoms with Crippen LogP contribution in [0.5, 0.6) is 0 Å². The molecule has 1 aromatic rings. The number of hydrogen-bond donors (Lipinski definition) is 0. The second kappa shape index (κ2) is 6.40. The lowest BCUT2D eigenvalue weighted by atomic mass is 9.48. The minimum atomic E-state index is -0.553. The van der Waals surface area contributed by atoms with E-state index in [1.807, 2.05) is 0 Å². The molecule has 4 heteroatoms. The van der Waals surface area contributed by atoms with E-state index < -0.39 is 5.97 Å². The summed E-state index contributed by atoms with van der Waals surface area (Å²) < 4.78 is 18.3. The van der Waals surface area contributed by atoms with Crippen LogP contribution in [0, 0.1) is 29.0 Å². The lowest BCUT2D eigenvalue weighted by Gasteiger charge is -2.55. The van der Waals surface area contributed by atoms with Crippen molar-refractivity contribution in [2.75, 3.05) is 6.61 Å². The van der Waals surface area contributed by atoms with Crippen LogP contribution >= 0.6 is 0 Å². The molecule has 0 heterocycles. The molecule has 0 aliphatic heterocycles. The van der Waals surface area contributed by atoms with Gasteiger partial charge in [0.1, 0.15) is 5.82 Å². The molecule has 3 nitrogen and oxygen atoms in total. The Morgan fingerprint density at radius 3 is 2.36 bits per heavy atom. The normalized spacial score (nSPS) is 32.9. The highest BCUT2D eigenvalue weighted by atomic mass is 19.1. The van der Waals surface area contributed by atoms with Crippen LogP contribution in [0.3, 0.4) is 0 Å². The van der Waals surface area contributed by atoms with Crippen LogP contribution in [0.4, 0.5) is 4.39 Å². The van der Waals surface area contributed by atoms with Crippen molar-refractivity contribution in [2.45, 2.75) is 38.5 Å². The van der Waals surface area contributed by atoms with Crippen molar-refractivity contribution < 1.29 is 18.7 Å². The largest absolute Gasteiger partial charge is 0.455 e. The molecule has 0 N–H and O–H groups in total. The maximum Gasteiger partial charge on any atom is 0.331 e. The predicted octanol–water partition coefficient (Wildman–Crippen LogP) is 4.17. The summed E-state index contributed by atoms with van der Waals surface area (Å²) in [6.07, 6.45) is 9.54. The number of Topliss-reactive ketones (excluding diaryl/α,β-unsaturated/α-hetero) is 1. The molecular weight excluding hydrogens is 319 g/mol. The van der Waals surface area contributed by atoms with Crippen LogP contribution in [-0.4, -0.2) is 18.4 Å². The second-order valence-electron chi connectivity index (χ2n) is 8.12. The maximum atomic E-state index is 13.1. The number of esters is 1. The van der Waals surface area contributed by atoms with Gasteiger partial charge in [-0.15, -0.1) is 0 Å². The topological polar surface area (TPSA) is 43.4 Å². The molecule has 0 radical (unpaired) electrons. The Labute approximate surface area is 147 Å². The molecular formula is C21H23FO3. The third-order valence-corrected chi connectivity index (χ3v) is 6.24. The first-order chi connectivity index (χ1) is 12.0. The Bertz CT molecular complexity index is 686. The summed E-state index contributed by atoms with van der Waals surface area (Å²) in [4.78, 5) is 24.6. The molecule has 4 bridgehead atoms. The molecule has 0 aromatic heterocycles. The number of hydrogen-bond acceptors (Lipinski definition) is 3. The molecule has 132 valence electrons. The summed E-state index contributed by atoms with van der Waals surface area (Å²) in [6.45, 7) is -0.140. The van der Waals surface area contributed by atoms with Gasteiger partial charge in [-0.05, 0) is 80.1 Å². The van der Waals surface area contributed by atoms with Crippen molar-refractivity contribution in [1.82, 2.24) is 0 Å². The molecule has 0 atom stereocenters. The minimum absolute atomic E-state index is 0.0964. The summed E-state index contributed by atoms with van der Waals surface area (Å²) in [5.41, 5.74) is 0.353. The maximum absolute atomic E-state index is 13.1. The highest BCUT2D eigenvalue weighted by Crippen LogP contribution is 2.60. The highest BCUT2D eigenvalue weighted by Gasteiger charge is 2.54. The Hall–Kier alpha value is -1.97. The van der Waals surface area contributed by atoms with Crippen molar-refractivity contribution in [3.63, 3.8) is 0 Å². The number of ether oxygens (including phenoxy) is 1. The molecule has 4 fully saturated rings. The fourth-order valence-electron chi connectivity index (χ4n) is 5.56. The Kier molecular flexibility index (Phi) is 4.22. The summed E-state index contributed by atoms with van der Waals surface area (Å²) in [6, 6.07) is 5.97. The van der Waals surface area contributed by atoms with Gasteiger partial charge in [0.25, 0.3) is 0 Å². The van der Waals surface area contributed by atoms with Gasteiger partial charge in [0.15, 0.2) is 12.4 Å². The second-order valence-corrected chi connectivity index (χ2v) is 8.12. The average molecular weight is 342 g/mol. The van der Waals surface area contributed by atoms with Gasteiger partial charge in [-0.2, -0.15) is 0 Å². The third kappa shape index (κ3) is 3.39. The number of carbonyl (C=O) groups is 2. The summed E-state index contributed by atoms with van der Waals surface area (Å²) in [5, 5.41) is 0. The lowest BCUT2D eigenvalue weighted by Crippen LogP contribution is -2.51. The zero-order valence-corrected chi connectivity index (χ0v) is 14.2. The first-order valence-corrected chi connectivity index (χ1v) is 9.16. The van der Waals surface area contributed by atoms with Crippen LogP contribution in [0.2, 0.25) is 0 Å². The van der Waals surface area contributed by atoms with Crippen molar-refractivity contribution in [3.8, 4) is 0 Å². The van der Waals surface area contributed by atoms with E-state index in [1.165, 1.54) is 43.5 Å². The quantitative estimate of drug-likeness (QED) is 0.596. The summed E-state index contributed by atoms with van der Waals surface area (Å²) >= 11 is 0. The fraction of sp³-hybridized carbons (Fsp3) is 0.524. The van der Waals surface area contributed by atoms with E-state index in [0.717, 1.165) is 19.3 Å². The van der Waals surface area contributed by atoms with Crippen molar-refractivity contribution in [3.05, 3.63) is 41.7 Å². The molecule has 0 spiro atoms. The van der Waals surface area contributed by atoms with Crippen LogP contribution in [0.1, 0.15) is 44.1 Å². The SMILES string of the molecule is O=C(C=Cc1cccc(F)c1)OCC(=O)C12CC3CC(CC(C3)C1)C2. The van der Waals surface area contributed by atoms with E-state index in [9.17, 15) is 14.0 Å². The molecule has 5 rings (SSSR count). The van der Waals surface area contributed by atoms with Crippen molar-refractivity contribution in [2.24, 2.45) is 23.2 Å². The number of rotatable bonds is 5. The Balaban J connectivity index is 1.33. The van der Waals surface area contributed by atoms with Crippen molar-refractivity contribution in [1.29, 1.82) is 0 Å². The zero-order chi connectivity index (χ0) is 17.4. The van der Waals surface area contributed by atoms with E-state index in [-0.39, 0.29) is 23.6 Å². The number of benzene rings is 1. The molecule has 0 saturated heterocycles. The van der Waals surface area contributed by atoms with Gasteiger partial charge in [0.2, 0.25) is 0 Å². The zero-order valence-electron chi connectivity index (χ0n) is 14.2. The average Bonchev–Trinajstić information content (AvgIpc) is 2.56. The Morgan fingerprint density at radius 2 is 1.76 bits per heavy atom. The number of ketones is 1. The molecule has 0 unspecified atom stereocenters. The van der Waals surface area contributed by atoms with E-state index in [2.05, 4.69) is 0 Å². The summed E-state index contributed by atoms with van der Waals surface area (Å²) in [7, 11) is 0. The predicted molar refractivity (Wildman–Crippen MR) is 92.0 cm³/mol. The smallest absolute Gasteiger partial charge is 0.331 e. The van der Waals surface area contributed by atoms with Gasteiger partial charge in [0, 0.05) is 11.5 Å². The Morgan fingerprint density at radius 1 is 1.12 bits per heavy atom. The lowest BCUT2D eigenvalue weighted by molar-refractivity contribution is -0.155. The molecule has 25 heavy (non-hydrogen) atoms. The van der Waals surface area contributed by atoms with Gasteiger partial charge in [-0.25, -0.2) is 9.18 Å². The van der Waals surface area contributed by atoms with Crippen LogP contribution in [0.25, 0.3) is 6.08 Å². The van der Waals surface area contributed by atoms with Gasteiger partial charge < -0.3 is 4.74 Å². The van der Waals surface area contributed by atoms with Gasteiger partial charge >= 0.3 is 5.97 Å². The van der Waals surface area contributed by atoms with Crippen LogP contribution in [-0.2, 0) is 14.3 Å². The van der Waals surface area contributed by atoms with E-state index >= 15 is 0 Å². The van der Waals surface area contributed by atoms with E-state index in [0.29, 0.717) is 23.3 Å². The fourth-order valence-corrected chi connectivity index (χ4v) is 5.56. The van der Waals surface area contributed by atoms with Crippen LogP contribution in [0.15, 0.2) is 30.3 Å². The molecule has 4 aliphatic rings. The van der Waals surface area contributed by atoms with Crippen molar-refractivity contribution >= 4 is 17.8 Å².